The van der Waals surface area contributed by atoms with Crippen molar-refractivity contribution in [3.63, 3.8) is 0 Å². The molecule has 1 amide bonds. The molecule has 1 rings (SSSR count). The lowest BCUT2D eigenvalue weighted by atomic mass is 10.1. The molecule has 0 bridgehead atoms. The summed E-state index contributed by atoms with van der Waals surface area (Å²) in [7, 11) is 3.12. The van der Waals surface area contributed by atoms with Gasteiger partial charge in [0.25, 0.3) is 5.91 Å². The summed E-state index contributed by atoms with van der Waals surface area (Å²) in [6.45, 7) is 4.95. The molecule has 0 fully saturated rings. The van der Waals surface area contributed by atoms with Gasteiger partial charge in [-0.3, -0.25) is 4.79 Å². The number of carbonyl (C=O) groups excluding carboxylic acids is 1. The number of ether oxygens (including phenoxy) is 2. The van der Waals surface area contributed by atoms with Gasteiger partial charge in [0.1, 0.15) is 11.5 Å². The highest BCUT2D eigenvalue weighted by Gasteiger charge is 2.15. The highest BCUT2D eigenvalue weighted by molar-refractivity contribution is 5.97. The third-order valence-corrected chi connectivity index (χ3v) is 2.98. The molecule has 0 aliphatic heterocycles. The number of benzene rings is 1. The molecule has 0 radical (unpaired) electrons. The standard InChI is InChI=1S/C14H22N2O3/c1-9(7-15)8-16-14(17)11-6-12(18-3)10(2)5-13(11)19-4/h5-6,9H,7-8,15H2,1-4H3,(H,16,17). The van der Waals surface area contributed by atoms with Gasteiger partial charge in [0.2, 0.25) is 0 Å². The Kier molecular flexibility index (Phi) is 5.63. The summed E-state index contributed by atoms with van der Waals surface area (Å²) in [6, 6.07) is 3.48. The van der Waals surface area contributed by atoms with Crippen molar-refractivity contribution in [2.75, 3.05) is 27.3 Å². The van der Waals surface area contributed by atoms with Crippen LogP contribution in [0.2, 0.25) is 0 Å². The minimum atomic E-state index is -0.185. The molecule has 0 aliphatic carbocycles. The summed E-state index contributed by atoms with van der Waals surface area (Å²) in [5, 5.41) is 2.84. The van der Waals surface area contributed by atoms with Gasteiger partial charge in [-0.1, -0.05) is 6.92 Å². The maximum Gasteiger partial charge on any atom is 0.255 e. The molecule has 1 unspecified atom stereocenters. The summed E-state index contributed by atoms with van der Waals surface area (Å²) >= 11 is 0. The Balaban J connectivity index is 2.94. The van der Waals surface area contributed by atoms with Crippen LogP contribution in [0.25, 0.3) is 0 Å². The van der Waals surface area contributed by atoms with Crippen LogP contribution in [0.15, 0.2) is 12.1 Å². The Labute approximate surface area is 114 Å². The fraction of sp³-hybridized carbons (Fsp3) is 0.500. The molecule has 0 saturated carbocycles. The van der Waals surface area contributed by atoms with Gasteiger partial charge >= 0.3 is 0 Å². The lowest BCUT2D eigenvalue weighted by Gasteiger charge is -2.14. The van der Waals surface area contributed by atoms with Gasteiger partial charge in [0, 0.05) is 6.54 Å². The van der Waals surface area contributed by atoms with Gasteiger partial charge in [-0.2, -0.15) is 0 Å². The number of amides is 1. The van der Waals surface area contributed by atoms with Crippen molar-refractivity contribution >= 4 is 5.91 Å². The van der Waals surface area contributed by atoms with E-state index in [1.54, 1.807) is 26.4 Å². The Morgan fingerprint density at radius 2 is 1.95 bits per heavy atom. The summed E-state index contributed by atoms with van der Waals surface area (Å²) in [6.07, 6.45) is 0. The zero-order valence-corrected chi connectivity index (χ0v) is 11.9. The smallest absolute Gasteiger partial charge is 0.255 e. The fourth-order valence-corrected chi connectivity index (χ4v) is 1.67. The van der Waals surface area contributed by atoms with Crippen LogP contribution in [-0.2, 0) is 0 Å². The van der Waals surface area contributed by atoms with E-state index in [-0.39, 0.29) is 11.8 Å². The molecule has 0 spiro atoms. The van der Waals surface area contributed by atoms with Gasteiger partial charge < -0.3 is 20.5 Å². The van der Waals surface area contributed by atoms with Crippen molar-refractivity contribution in [1.82, 2.24) is 5.32 Å². The molecule has 19 heavy (non-hydrogen) atoms. The number of carbonyl (C=O) groups is 1. The molecule has 1 atom stereocenters. The van der Waals surface area contributed by atoms with Crippen molar-refractivity contribution in [2.45, 2.75) is 13.8 Å². The summed E-state index contributed by atoms with van der Waals surface area (Å²) in [5.74, 6) is 1.26. The van der Waals surface area contributed by atoms with E-state index in [4.69, 9.17) is 15.2 Å². The van der Waals surface area contributed by atoms with Crippen LogP contribution in [0.3, 0.4) is 0 Å². The van der Waals surface area contributed by atoms with E-state index < -0.39 is 0 Å². The van der Waals surface area contributed by atoms with E-state index in [0.29, 0.717) is 30.2 Å². The van der Waals surface area contributed by atoms with E-state index in [1.165, 1.54) is 0 Å². The molecule has 1 aromatic carbocycles. The maximum atomic E-state index is 12.1. The molecular weight excluding hydrogens is 244 g/mol. The Hall–Kier alpha value is -1.75. The molecule has 3 N–H and O–H groups in total. The Morgan fingerprint density at radius 3 is 2.47 bits per heavy atom. The molecule has 106 valence electrons. The first-order valence-corrected chi connectivity index (χ1v) is 6.24. The average molecular weight is 266 g/mol. The van der Waals surface area contributed by atoms with Crippen molar-refractivity contribution in [1.29, 1.82) is 0 Å². The third-order valence-electron chi connectivity index (χ3n) is 2.98. The average Bonchev–Trinajstić information content (AvgIpc) is 2.43. The lowest BCUT2D eigenvalue weighted by molar-refractivity contribution is 0.0945. The lowest BCUT2D eigenvalue weighted by Crippen LogP contribution is -2.31. The van der Waals surface area contributed by atoms with Crippen molar-refractivity contribution < 1.29 is 14.3 Å². The van der Waals surface area contributed by atoms with E-state index in [1.807, 2.05) is 13.8 Å². The van der Waals surface area contributed by atoms with E-state index >= 15 is 0 Å². The second-order valence-corrected chi connectivity index (χ2v) is 4.57. The normalized spacial score (nSPS) is 11.8. The van der Waals surface area contributed by atoms with E-state index in [2.05, 4.69) is 5.32 Å². The zero-order chi connectivity index (χ0) is 14.4. The highest BCUT2D eigenvalue weighted by Crippen LogP contribution is 2.28. The number of rotatable bonds is 6. The quantitative estimate of drug-likeness (QED) is 0.815. The van der Waals surface area contributed by atoms with Crippen LogP contribution >= 0.6 is 0 Å². The van der Waals surface area contributed by atoms with E-state index in [9.17, 15) is 4.79 Å². The van der Waals surface area contributed by atoms with Gasteiger partial charge in [0.05, 0.1) is 19.8 Å². The van der Waals surface area contributed by atoms with Gasteiger partial charge in [-0.05, 0) is 37.1 Å². The first kappa shape index (κ1) is 15.3. The zero-order valence-electron chi connectivity index (χ0n) is 11.9. The third kappa shape index (κ3) is 3.86. The SMILES string of the molecule is COc1cc(C(=O)NCC(C)CN)c(OC)cc1C. The van der Waals surface area contributed by atoms with Crippen LogP contribution < -0.4 is 20.5 Å². The largest absolute Gasteiger partial charge is 0.496 e. The van der Waals surface area contributed by atoms with Crippen LogP contribution in [0.5, 0.6) is 11.5 Å². The van der Waals surface area contributed by atoms with Crippen LogP contribution in [-0.4, -0.2) is 33.2 Å². The van der Waals surface area contributed by atoms with Gasteiger partial charge in [-0.15, -0.1) is 0 Å². The molecule has 0 aromatic heterocycles. The van der Waals surface area contributed by atoms with Crippen molar-refractivity contribution in [3.8, 4) is 11.5 Å². The molecular formula is C14H22N2O3. The molecule has 0 saturated heterocycles. The number of methoxy groups -OCH3 is 2. The van der Waals surface area contributed by atoms with Gasteiger partial charge in [-0.25, -0.2) is 0 Å². The first-order valence-electron chi connectivity index (χ1n) is 6.24. The van der Waals surface area contributed by atoms with Crippen LogP contribution in [0, 0.1) is 12.8 Å². The van der Waals surface area contributed by atoms with E-state index in [0.717, 1.165) is 5.56 Å². The monoisotopic (exact) mass is 266 g/mol. The maximum absolute atomic E-state index is 12.1. The minimum absolute atomic E-state index is 0.185. The number of nitrogens with two attached hydrogens (primary N) is 1. The number of nitrogens with one attached hydrogen (secondary N) is 1. The fourth-order valence-electron chi connectivity index (χ4n) is 1.67. The van der Waals surface area contributed by atoms with Crippen LogP contribution in [0.4, 0.5) is 0 Å². The molecule has 0 aliphatic rings. The minimum Gasteiger partial charge on any atom is -0.496 e. The van der Waals surface area contributed by atoms with Crippen molar-refractivity contribution in [2.24, 2.45) is 11.7 Å². The molecule has 1 aromatic rings. The van der Waals surface area contributed by atoms with Crippen molar-refractivity contribution in [3.05, 3.63) is 23.3 Å². The highest BCUT2D eigenvalue weighted by atomic mass is 16.5. The number of aryl methyl sites for hydroxylation is 1. The molecule has 0 heterocycles. The Bertz CT molecular complexity index is 447. The summed E-state index contributed by atoms with van der Waals surface area (Å²) in [5.41, 5.74) is 6.91. The van der Waals surface area contributed by atoms with Crippen LogP contribution in [0.1, 0.15) is 22.8 Å². The number of hydrogen-bond acceptors (Lipinski definition) is 4. The van der Waals surface area contributed by atoms with Gasteiger partial charge in [0.15, 0.2) is 0 Å². The Morgan fingerprint density at radius 1 is 1.32 bits per heavy atom. The predicted molar refractivity (Wildman–Crippen MR) is 74.8 cm³/mol. The second kappa shape index (κ2) is 6.99. The predicted octanol–water partition coefficient (Wildman–Crippen LogP) is 1.34. The topological polar surface area (TPSA) is 73.6 Å². The summed E-state index contributed by atoms with van der Waals surface area (Å²) in [4.78, 5) is 12.1. The molecule has 5 heteroatoms. The second-order valence-electron chi connectivity index (χ2n) is 4.57. The summed E-state index contributed by atoms with van der Waals surface area (Å²) < 4.78 is 10.5. The first-order chi connectivity index (χ1) is 9.03. The molecule has 5 nitrogen and oxygen atoms in total. The number of hydrogen-bond donors (Lipinski definition) is 2.